The zero-order valence-electron chi connectivity index (χ0n) is 7.10. The van der Waals surface area contributed by atoms with E-state index in [1.807, 2.05) is 6.92 Å². The molecule has 0 aliphatic carbocycles. The minimum absolute atomic E-state index is 0.247. The molecule has 0 atom stereocenters. The minimum atomic E-state index is -0.247. The molecule has 0 spiro atoms. The fourth-order valence-corrected chi connectivity index (χ4v) is 1.05. The van der Waals surface area contributed by atoms with Crippen LogP contribution in [0.15, 0.2) is 24.3 Å². The van der Waals surface area contributed by atoms with Crippen LogP contribution in [0.2, 0.25) is 0 Å². The summed E-state index contributed by atoms with van der Waals surface area (Å²) in [5.41, 5.74) is 1.40. The SMILES string of the molecule is CCCC(=N)c1ccc(F)cc1. The third-order valence-corrected chi connectivity index (χ3v) is 1.69. The van der Waals surface area contributed by atoms with Crippen molar-refractivity contribution in [1.82, 2.24) is 0 Å². The number of benzene rings is 1. The molecule has 0 saturated heterocycles. The Morgan fingerprint density at radius 2 is 1.92 bits per heavy atom. The summed E-state index contributed by atoms with van der Waals surface area (Å²) in [7, 11) is 0. The first-order chi connectivity index (χ1) is 5.74. The van der Waals surface area contributed by atoms with Gasteiger partial charge in [0.05, 0.1) is 0 Å². The molecule has 1 rings (SSSR count). The molecular weight excluding hydrogens is 153 g/mol. The molecule has 1 nitrogen and oxygen atoms in total. The van der Waals surface area contributed by atoms with Crippen molar-refractivity contribution in [2.45, 2.75) is 19.8 Å². The van der Waals surface area contributed by atoms with Gasteiger partial charge < -0.3 is 5.41 Å². The van der Waals surface area contributed by atoms with Gasteiger partial charge in [0.1, 0.15) is 5.82 Å². The summed E-state index contributed by atoms with van der Waals surface area (Å²) in [6.07, 6.45) is 1.71. The molecule has 0 bridgehead atoms. The van der Waals surface area contributed by atoms with Crippen LogP contribution >= 0.6 is 0 Å². The molecule has 64 valence electrons. The first-order valence-electron chi connectivity index (χ1n) is 4.07. The van der Waals surface area contributed by atoms with Gasteiger partial charge in [-0.3, -0.25) is 0 Å². The molecular formula is C10H12FN. The van der Waals surface area contributed by atoms with E-state index in [4.69, 9.17) is 5.41 Å². The Hall–Kier alpha value is -1.18. The van der Waals surface area contributed by atoms with E-state index in [1.165, 1.54) is 12.1 Å². The van der Waals surface area contributed by atoms with Gasteiger partial charge in [-0.05, 0) is 24.1 Å². The zero-order chi connectivity index (χ0) is 8.97. The van der Waals surface area contributed by atoms with E-state index in [9.17, 15) is 4.39 Å². The zero-order valence-corrected chi connectivity index (χ0v) is 7.10. The summed E-state index contributed by atoms with van der Waals surface area (Å²) < 4.78 is 12.5. The number of hydrogen-bond acceptors (Lipinski definition) is 1. The van der Waals surface area contributed by atoms with Gasteiger partial charge in [-0.1, -0.05) is 25.5 Å². The Bertz CT molecular complexity index is 264. The lowest BCUT2D eigenvalue weighted by atomic mass is 10.1. The summed E-state index contributed by atoms with van der Waals surface area (Å²) in [6, 6.07) is 6.07. The molecule has 0 aliphatic rings. The maximum absolute atomic E-state index is 12.5. The molecule has 2 heteroatoms. The van der Waals surface area contributed by atoms with E-state index < -0.39 is 0 Å². The third-order valence-electron chi connectivity index (χ3n) is 1.69. The Morgan fingerprint density at radius 3 is 2.42 bits per heavy atom. The second kappa shape index (κ2) is 4.00. The van der Waals surface area contributed by atoms with Gasteiger partial charge in [0.2, 0.25) is 0 Å². The number of hydrogen-bond donors (Lipinski definition) is 1. The van der Waals surface area contributed by atoms with Crippen molar-refractivity contribution in [1.29, 1.82) is 5.41 Å². The lowest BCUT2D eigenvalue weighted by molar-refractivity contribution is 0.627. The van der Waals surface area contributed by atoms with E-state index in [2.05, 4.69) is 0 Å². The summed E-state index contributed by atoms with van der Waals surface area (Å²) in [4.78, 5) is 0. The van der Waals surface area contributed by atoms with Crippen molar-refractivity contribution >= 4 is 5.71 Å². The molecule has 12 heavy (non-hydrogen) atoms. The summed E-state index contributed by atoms with van der Waals surface area (Å²) >= 11 is 0. The van der Waals surface area contributed by atoms with Crippen molar-refractivity contribution in [3.8, 4) is 0 Å². The smallest absolute Gasteiger partial charge is 0.123 e. The molecule has 0 fully saturated rings. The van der Waals surface area contributed by atoms with Crippen LogP contribution < -0.4 is 0 Å². The second-order valence-electron chi connectivity index (χ2n) is 2.74. The summed E-state index contributed by atoms with van der Waals surface area (Å²) in [6.45, 7) is 2.03. The van der Waals surface area contributed by atoms with Gasteiger partial charge in [0.25, 0.3) is 0 Å². The van der Waals surface area contributed by atoms with Crippen LogP contribution in [0.25, 0.3) is 0 Å². The molecule has 1 aromatic rings. The Balaban J connectivity index is 2.75. The molecule has 0 aliphatic heterocycles. The maximum Gasteiger partial charge on any atom is 0.123 e. The topological polar surface area (TPSA) is 23.9 Å². The van der Waals surface area contributed by atoms with E-state index in [0.717, 1.165) is 18.4 Å². The highest BCUT2D eigenvalue weighted by Gasteiger charge is 1.99. The molecule has 0 heterocycles. The van der Waals surface area contributed by atoms with Gasteiger partial charge in [0, 0.05) is 5.71 Å². The van der Waals surface area contributed by atoms with Crippen molar-refractivity contribution in [2.24, 2.45) is 0 Å². The first-order valence-corrected chi connectivity index (χ1v) is 4.07. The number of halogens is 1. The fourth-order valence-electron chi connectivity index (χ4n) is 1.05. The van der Waals surface area contributed by atoms with E-state index in [1.54, 1.807) is 12.1 Å². The highest BCUT2D eigenvalue weighted by Crippen LogP contribution is 2.06. The quantitative estimate of drug-likeness (QED) is 0.666. The van der Waals surface area contributed by atoms with Gasteiger partial charge in [-0.25, -0.2) is 4.39 Å². The van der Waals surface area contributed by atoms with Gasteiger partial charge in [0.15, 0.2) is 0 Å². The molecule has 1 aromatic carbocycles. The van der Waals surface area contributed by atoms with E-state index in [0.29, 0.717) is 5.71 Å². The fraction of sp³-hybridized carbons (Fsp3) is 0.300. The van der Waals surface area contributed by atoms with Crippen LogP contribution in [0, 0.1) is 11.2 Å². The van der Waals surface area contributed by atoms with Gasteiger partial charge in [-0.15, -0.1) is 0 Å². The lowest BCUT2D eigenvalue weighted by Crippen LogP contribution is -1.97. The highest BCUT2D eigenvalue weighted by atomic mass is 19.1. The minimum Gasteiger partial charge on any atom is -0.305 e. The summed E-state index contributed by atoms with van der Waals surface area (Å²) in [5.74, 6) is -0.247. The first kappa shape index (κ1) is 8.91. The largest absolute Gasteiger partial charge is 0.305 e. The van der Waals surface area contributed by atoms with Crippen LogP contribution in [-0.2, 0) is 0 Å². The number of rotatable bonds is 3. The van der Waals surface area contributed by atoms with Crippen LogP contribution in [0.1, 0.15) is 25.3 Å². The van der Waals surface area contributed by atoms with Crippen molar-refractivity contribution in [3.63, 3.8) is 0 Å². The van der Waals surface area contributed by atoms with Crippen LogP contribution in [-0.4, -0.2) is 5.71 Å². The van der Waals surface area contributed by atoms with E-state index >= 15 is 0 Å². The predicted octanol–water partition coefficient (Wildman–Crippen LogP) is 2.99. The maximum atomic E-state index is 12.5. The summed E-state index contributed by atoms with van der Waals surface area (Å²) in [5, 5.41) is 7.58. The average Bonchev–Trinajstić information content (AvgIpc) is 2.06. The lowest BCUT2D eigenvalue weighted by Gasteiger charge is -2.00. The normalized spacial score (nSPS) is 9.83. The standard InChI is InChI=1S/C10H12FN/c1-2-3-10(12)8-4-6-9(11)7-5-8/h4-7,12H,2-3H2,1H3. The molecule has 0 amide bonds. The van der Waals surface area contributed by atoms with E-state index in [-0.39, 0.29) is 5.82 Å². The predicted molar refractivity (Wildman–Crippen MR) is 48.1 cm³/mol. The second-order valence-corrected chi connectivity index (χ2v) is 2.74. The number of nitrogens with one attached hydrogen (secondary N) is 1. The Kier molecular flexibility index (Phi) is 2.97. The monoisotopic (exact) mass is 165 g/mol. The molecule has 0 aromatic heterocycles. The van der Waals surface area contributed by atoms with Gasteiger partial charge >= 0.3 is 0 Å². The van der Waals surface area contributed by atoms with Gasteiger partial charge in [-0.2, -0.15) is 0 Å². The third kappa shape index (κ3) is 2.16. The Morgan fingerprint density at radius 1 is 1.33 bits per heavy atom. The van der Waals surface area contributed by atoms with Crippen LogP contribution in [0.4, 0.5) is 4.39 Å². The van der Waals surface area contributed by atoms with Crippen molar-refractivity contribution in [3.05, 3.63) is 35.6 Å². The molecule has 0 unspecified atom stereocenters. The highest BCUT2D eigenvalue weighted by molar-refractivity contribution is 5.98. The van der Waals surface area contributed by atoms with Crippen LogP contribution in [0.5, 0.6) is 0 Å². The molecule has 1 N–H and O–H groups in total. The van der Waals surface area contributed by atoms with Crippen molar-refractivity contribution in [2.75, 3.05) is 0 Å². The van der Waals surface area contributed by atoms with Crippen LogP contribution in [0.3, 0.4) is 0 Å². The Labute approximate surface area is 71.7 Å². The molecule has 0 radical (unpaired) electrons. The molecule has 0 saturated carbocycles. The van der Waals surface area contributed by atoms with Crippen molar-refractivity contribution < 1.29 is 4.39 Å². The average molecular weight is 165 g/mol.